The summed E-state index contributed by atoms with van der Waals surface area (Å²) < 4.78 is 23.7. The van der Waals surface area contributed by atoms with E-state index >= 15 is 0 Å². The number of rotatable bonds is 6. The van der Waals surface area contributed by atoms with E-state index in [1.165, 1.54) is 24.3 Å². The molecule has 0 spiro atoms. The largest absolute Gasteiger partial charge is 0.355 e. The highest BCUT2D eigenvalue weighted by Gasteiger charge is 2.14. The molecule has 0 radical (unpaired) electrons. The van der Waals surface area contributed by atoms with E-state index in [2.05, 4.69) is 5.32 Å². The van der Waals surface area contributed by atoms with Crippen molar-refractivity contribution in [2.24, 2.45) is 5.73 Å². The van der Waals surface area contributed by atoms with Crippen molar-refractivity contribution in [2.75, 3.05) is 18.8 Å². The standard InChI is InChI=1S/C11H15ClN2O3S.ClH/c12-9-1-3-10(4-2-9)18(16,17)8-7-14-11(15)5-6-13;/h1-4H,5-8,13H2,(H,14,15);1H. The molecule has 0 unspecified atom stereocenters. The normalized spacial score (nSPS) is 10.6. The van der Waals surface area contributed by atoms with Crippen molar-refractivity contribution in [3.63, 3.8) is 0 Å². The fraction of sp³-hybridized carbons (Fsp3) is 0.364. The summed E-state index contributed by atoms with van der Waals surface area (Å²) in [5.74, 6) is -0.394. The SMILES string of the molecule is Cl.NCCC(=O)NCCS(=O)(=O)c1ccc(Cl)cc1. The lowest BCUT2D eigenvalue weighted by molar-refractivity contribution is -0.120. The fourth-order valence-corrected chi connectivity index (χ4v) is 2.59. The van der Waals surface area contributed by atoms with Gasteiger partial charge in [0.1, 0.15) is 0 Å². The Morgan fingerprint density at radius 1 is 1.26 bits per heavy atom. The van der Waals surface area contributed by atoms with Gasteiger partial charge in [0.25, 0.3) is 0 Å². The molecule has 5 nitrogen and oxygen atoms in total. The number of amides is 1. The molecule has 108 valence electrons. The van der Waals surface area contributed by atoms with Crippen molar-refractivity contribution in [1.29, 1.82) is 0 Å². The van der Waals surface area contributed by atoms with Crippen molar-refractivity contribution in [3.8, 4) is 0 Å². The van der Waals surface area contributed by atoms with Crippen molar-refractivity contribution < 1.29 is 13.2 Å². The van der Waals surface area contributed by atoms with E-state index in [0.717, 1.165) is 0 Å². The first-order valence-corrected chi connectivity index (χ1v) is 7.44. The highest BCUT2D eigenvalue weighted by molar-refractivity contribution is 7.91. The lowest BCUT2D eigenvalue weighted by atomic mass is 10.4. The first kappa shape index (κ1) is 18.2. The fourth-order valence-electron chi connectivity index (χ4n) is 1.30. The molecule has 0 aliphatic rings. The lowest BCUT2D eigenvalue weighted by Gasteiger charge is -2.06. The van der Waals surface area contributed by atoms with Crippen LogP contribution in [0, 0.1) is 0 Å². The number of benzene rings is 1. The summed E-state index contributed by atoms with van der Waals surface area (Å²) in [5.41, 5.74) is 5.20. The summed E-state index contributed by atoms with van der Waals surface area (Å²) in [7, 11) is -3.39. The molecule has 0 fully saturated rings. The smallest absolute Gasteiger partial charge is 0.221 e. The van der Waals surface area contributed by atoms with Gasteiger partial charge >= 0.3 is 0 Å². The summed E-state index contributed by atoms with van der Waals surface area (Å²) in [5, 5.41) is 2.97. The first-order valence-electron chi connectivity index (χ1n) is 5.41. The topological polar surface area (TPSA) is 89.3 Å². The van der Waals surface area contributed by atoms with Crippen LogP contribution in [0.2, 0.25) is 5.02 Å². The number of carbonyl (C=O) groups excluding carboxylic acids is 1. The zero-order valence-corrected chi connectivity index (χ0v) is 12.5. The van der Waals surface area contributed by atoms with Crippen LogP contribution in [0.15, 0.2) is 29.2 Å². The van der Waals surface area contributed by atoms with Gasteiger partial charge in [-0.1, -0.05) is 11.6 Å². The Kier molecular flexibility index (Phi) is 8.01. The van der Waals surface area contributed by atoms with E-state index in [9.17, 15) is 13.2 Å². The van der Waals surface area contributed by atoms with Crippen LogP contribution in [-0.2, 0) is 14.6 Å². The molecule has 1 rings (SSSR count). The molecule has 0 aliphatic carbocycles. The third kappa shape index (κ3) is 6.24. The summed E-state index contributed by atoms with van der Waals surface area (Å²) in [6.07, 6.45) is 0.195. The Balaban J connectivity index is 0.00000324. The number of nitrogens with one attached hydrogen (secondary N) is 1. The van der Waals surface area contributed by atoms with Crippen LogP contribution < -0.4 is 11.1 Å². The Bertz CT molecular complexity index is 503. The maximum absolute atomic E-state index is 11.9. The Labute approximate surface area is 123 Å². The minimum atomic E-state index is -3.39. The van der Waals surface area contributed by atoms with Gasteiger partial charge in [-0.2, -0.15) is 0 Å². The highest BCUT2D eigenvalue weighted by Crippen LogP contribution is 2.14. The quantitative estimate of drug-likeness (QED) is 0.816. The van der Waals surface area contributed by atoms with Crippen LogP contribution in [0.5, 0.6) is 0 Å². The molecule has 0 atom stereocenters. The number of hydrogen-bond donors (Lipinski definition) is 2. The van der Waals surface area contributed by atoms with Crippen molar-refractivity contribution in [1.82, 2.24) is 5.32 Å². The van der Waals surface area contributed by atoms with Gasteiger partial charge in [0, 0.05) is 24.5 Å². The molecular weight excluding hydrogens is 311 g/mol. The summed E-state index contributed by atoms with van der Waals surface area (Å²) >= 11 is 5.68. The average molecular weight is 327 g/mol. The average Bonchev–Trinajstić information content (AvgIpc) is 2.29. The van der Waals surface area contributed by atoms with E-state index in [0.29, 0.717) is 5.02 Å². The Hall–Kier alpha value is -0.820. The maximum atomic E-state index is 11.9. The Morgan fingerprint density at radius 3 is 2.37 bits per heavy atom. The molecule has 0 saturated heterocycles. The molecular formula is C11H16Cl2N2O3S. The lowest BCUT2D eigenvalue weighted by Crippen LogP contribution is -2.30. The second kappa shape index (κ2) is 8.37. The first-order chi connectivity index (χ1) is 8.45. The molecule has 0 saturated carbocycles. The van der Waals surface area contributed by atoms with Crippen molar-refractivity contribution in [2.45, 2.75) is 11.3 Å². The molecule has 3 N–H and O–H groups in total. The van der Waals surface area contributed by atoms with E-state index in [1.54, 1.807) is 0 Å². The van der Waals surface area contributed by atoms with Crippen LogP contribution in [0.3, 0.4) is 0 Å². The molecule has 0 bridgehead atoms. The minimum absolute atomic E-state index is 0. The number of carbonyl (C=O) groups is 1. The van der Waals surface area contributed by atoms with Gasteiger partial charge in [0.15, 0.2) is 9.84 Å². The molecule has 0 aliphatic heterocycles. The zero-order chi connectivity index (χ0) is 13.6. The van der Waals surface area contributed by atoms with Crippen LogP contribution in [0.4, 0.5) is 0 Å². The van der Waals surface area contributed by atoms with Crippen LogP contribution in [0.25, 0.3) is 0 Å². The molecule has 1 aromatic carbocycles. The van der Waals surface area contributed by atoms with Gasteiger partial charge < -0.3 is 11.1 Å². The molecule has 8 heteroatoms. The summed E-state index contributed by atoms with van der Waals surface area (Å²) in [4.78, 5) is 11.3. The minimum Gasteiger partial charge on any atom is -0.355 e. The van der Waals surface area contributed by atoms with Crippen LogP contribution >= 0.6 is 24.0 Å². The maximum Gasteiger partial charge on any atom is 0.221 e. The van der Waals surface area contributed by atoms with E-state index < -0.39 is 9.84 Å². The molecule has 1 aromatic rings. The highest BCUT2D eigenvalue weighted by atomic mass is 35.5. The predicted molar refractivity (Wildman–Crippen MR) is 77.4 cm³/mol. The number of halogens is 2. The number of nitrogens with two attached hydrogens (primary N) is 1. The van der Waals surface area contributed by atoms with Gasteiger partial charge in [-0.25, -0.2) is 8.42 Å². The van der Waals surface area contributed by atoms with Gasteiger partial charge in [-0.15, -0.1) is 12.4 Å². The molecule has 19 heavy (non-hydrogen) atoms. The summed E-state index contributed by atoms with van der Waals surface area (Å²) in [6.45, 7) is 0.319. The third-order valence-corrected chi connectivity index (χ3v) is 4.22. The van der Waals surface area contributed by atoms with Gasteiger partial charge in [-0.05, 0) is 24.3 Å². The molecule has 0 heterocycles. The number of hydrogen-bond acceptors (Lipinski definition) is 4. The van der Waals surface area contributed by atoms with Crippen molar-refractivity contribution in [3.05, 3.63) is 29.3 Å². The predicted octanol–water partition coefficient (Wildman–Crippen LogP) is 1.00. The van der Waals surface area contributed by atoms with Gasteiger partial charge in [0.2, 0.25) is 5.91 Å². The van der Waals surface area contributed by atoms with E-state index in [4.69, 9.17) is 17.3 Å². The van der Waals surface area contributed by atoms with Crippen LogP contribution in [0.1, 0.15) is 6.42 Å². The number of sulfone groups is 1. The summed E-state index contributed by atoms with van der Waals surface area (Å²) in [6, 6.07) is 5.92. The van der Waals surface area contributed by atoms with Gasteiger partial charge in [0.05, 0.1) is 10.6 Å². The second-order valence-electron chi connectivity index (χ2n) is 3.66. The Morgan fingerprint density at radius 2 is 1.84 bits per heavy atom. The van der Waals surface area contributed by atoms with E-state index in [-0.39, 0.29) is 48.5 Å². The molecule has 0 aromatic heterocycles. The van der Waals surface area contributed by atoms with Gasteiger partial charge in [-0.3, -0.25) is 4.79 Å². The van der Waals surface area contributed by atoms with Crippen molar-refractivity contribution >= 4 is 39.8 Å². The second-order valence-corrected chi connectivity index (χ2v) is 6.21. The molecule has 1 amide bonds. The third-order valence-electron chi connectivity index (χ3n) is 2.24. The van der Waals surface area contributed by atoms with E-state index in [1.807, 2.05) is 0 Å². The zero-order valence-electron chi connectivity index (χ0n) is 10.1. The monoisotopic (exact) mass is 326 g/mol. The van der Waals surface area contributed by atoms with Crippen LogP contribution in [-0.4, -0.2) is 33.2 Å².